The molecule has 11 nitrogen and oxygen atoms in total. The minimum absolute atomic E-state index is 0.0133. The highest BCUT2D eigenvalue weighted by Gasteiger charge is 2.37. The molecule has 0 bridgehead atoms. The van der Waals surface area contributed by atoms with Gasteiger partial charge in [0.15, 0.2) is 5.78 Å². The van der Waals surface area contributed by atoms with Crippen LogP contribution in [0.1, 0.15) is 54.6 Å². The number of hydrogen-bond acceptors (Lipinski definition) is 8. The van der Waals surface area contributed by atoms with Gasteiger partial charge in [-0.05, 0) is 59.7 Å². The number of rotatable bonds is 10. The number of amides is 1. The third-order valence-corrected chi connectivity index (χ3v) is 7.28. The SMILES string of the molecule is Cc1cc(C#N)cc(C(=O)NCc2ccccc2OC(F)(F)F)c1CC(=O)c1cc(Cn2nnc(C(F)(F)F)n2)nn1-c1ccccc1Cl. The maximum Gasteiger partial charge on any atom is 0.573 e. The van der Waals surface area contributed by atoms with E-state index in [1.165, 1.54) is 47.1 Å². The zero-order chi connectivity index (χ0) is 35.5. The molecular formula is C31H21ClF6N8O3. The van der Waals surface area contributed by atoms with Crippen molar-refractivity contribution in [2.24, 2.45) is 0 Å². The third kappa shape index (κ3) is 8.22. The van der Waals surface area contributed by atoms with Gasteiger partial charge in [0.2, 0.25) is 0 Å². The molecule has 5 aromatic rings. The van der Waals surface area contributed by atoms with Crippen LogP contribution in [0.15, 0.2) is 66.7 Å². The average Bonchev–Trinajstić information content (AvgIpc) is 3.68. The number of benzene rings is 3. The van der Waals surface area contributed by atoms with Gasteiger partial charge in [0.1, 0.15) is 18.0 Å². The van der Waals surface area contributed by atoms with Crippen molar-refractivity contribution < 1.29 is 40.7 Å². The van der Waals surface area contributed by atoms with Gasteiger partial charge in [0, 0.05) is 24.1 Å². The zero-order valence-electron chi connectivity index (χ0n) is 25.0. The molecule has 1 N–H and O–H groups in total. The molecule has 0 aliphatic rings. The van der Waals surface area contributed by atoms with E-state index in [9.17, 15) is 41.2 Å². The molecule has 0 radical (unpaired) electrons. The molecule has 3 aromatic carbocycles. The van der Waals surface area contributed by atoms with E-state index in [4.69, 9.17) is 11.6 Å². The van der Waals surface area contributed by atoms with Crippen molar-refractivity contribution in [3.05, 3.63) is 117 Å². The van der Waals surface area contributed by atoms with Crippen LogP contribution >= 0.6 is 11.6 Å². The van der Waals surface area contributed by atoms with Crippen molar-refractivity contribution in [1.82, 2.24) is 35.3 Å². The summed E-state index contributed by atoms with van der Waals surface area (Å²) in [5, 5.41) is 26.3. The van der Waals surface area contributed by atoms with Crippen molar-refractivity contribution >= 4 is 23.3 Å². The van der Waals surface area contributed by atoms with E-state index in [0.29, 0.717) is 10.4 Å². The predicted octanol–water partition coefficient (Wildman–Crippen LogP) is 6.01. The molecule has 0 unspecified atom stereocenters. The van der Waals surface area contributed by atoms with Crippen LogP contribution in [0.25, 0.3) is 5.69 Å². The number of carbonyl (C=O) groups is 2. The van der Waals surface area contributed by atoms with Crippen molar-refractivity contribution in [3.63, 3.8) is 0 Å². The average molecular weight is 703 g/mol. The number of alkyl halides is 6. The number of para-hydroxylation sites is 2. The first-order valence-electron chi connectivity index (χ1n) is 14.0. The van der Waals surface area contributed by atoms with Crippen LogP contribution in [0, 0.1) is 18.3 Å². The fourth-order valence-electron chi connectivity index (χ4n) is 4.80. The zero-order valence-corrected chi connectivity index (χ0v) is 25.7. The second-order valence-corrected chi connectivity index (χ2v) is 10.8. The Morgan fingerprint density at radius 1 is 1.00 bits per heavy atom. The number of halogens is 7. The molecule has 0 fully saturated rings. The fraction of sp³-hybridized carbons (Fsp3) is 0.194. The number of nitriles is 1. The van der Waals surface area contributed by atoms with Crippen LogP contribution in [0.5, 0.6) is 5.75 Å². The van der Waals surface area contributed by atoms with E-state index >= 15 is 0 Å². The van der Waals surface area contributed by atoms with Crippen LogP contribution in [0.4, 0.5) is 26.3 Å². The molecule has 18 heteroatoms. The number of carbonyl (C=O) groups excluding carboxylic acids is 2. The lowest BCUT2D eigenvalue weighted by Gasteiger charge is -2.16. The first-order chi connectivity index (χ1) is 23.1. The Morgan fingerprint density at radius 2 is 1.71 bits per heavy atom. The van der Waals surface area contributed by atoms with E-state index in [0.717, 1.165) is 6.07 Å². The molecule has 0 saturated heterocycles. The first-order valence-corrected chi connectivity index (χ1v) is 14.4. The molecule has 0 aliphatic heterocycles. The largest absolute Gasteiger partial charge is 0.573 e. The Morgan fingerprint density at radius 3 is 2.39 bits per heavy atom. The molecule has 5 rings (SSSR count). The summed E-state index contributed by atoms with van der Waals surface area (Å²) in [5.41, 5.74) is 0.860. The van der Waals surface area contributed by atoms with Gasteiger partial charge in [-0.25, -0.2) is 4.68 Å². The van der Waals surface area contributed by atoms with Crippen molar-refractivity contribution in [2.45, 2.75) is 39.0 Å². The minimum atomic E-state index is -4.97. The normalized spacial score (nSPS) is 11.7. The molecule has 0 aliphatic carbocycles. The second kappa shape index (κ2) is 13.8. The molecule has 2 heterocycles. The van der Waals surface area contributed by atoms with Gasteiger partial charge >= 0.3 is 12.5 Å². The van der Waals surface area contributed by atoms with E-state index in [-0.39, 0.29) is 50.9 Å². The van der Waals surface area contributed by atoms with Gasteiger partial charge in [0.25, 0.3) is 11.7 Å². The van der Waals surface area contributed by atoms with E-state index in [1.807, 2.05) is 6.07 Å². The lowest BCUT2D eigenvalue weighted by Crippen LogP contribution is -2.26. The molecule has 252 valence electrons. The molecular weight excluding hydrogens is 682 g/mol. The van der Waals surface area contributed by atoms with Gasteiger partial charge in [0.05, 0.1) is 28.0 Å². The highest BCUT2D eigenvalue weighted by molar-refractivity contribution is 6.32. The summed E-state index contributed by atoms with van der Waals surface area (Å²) in [7, 11) is 0. The topological polar surface area (TPSA) is 141 Å². The summed E-state index contributed by atoms with van der Waals surface area (Å²) in [6.07, 6.45) is -10.2. The summed E-state index contributed by atoms with van der Waals surface area (Å²) >= 11 is 6.38. The fourth-order valence-corrected chi connectivity index (χ4v) is 5.01. The molecule has 2 aromatic heterocycles. The van der Waals surface area contributed by atoms with Gasteiger partial charge in [-0.15, -0.1) is 23.4 Å². The van der Waals surface area contributed by atoms with Gasteiger partial charge in [-0.3, -0.25) is 9.59 Å². The summed E-state index contributed by atoms with van der Waals surface area (Å²) in [6, 6.07) is 17.5. The van der Waals surface area contributed by atoms with Crippen LogP contribution in [0.3, 0.4) is 0 Å². The Bertz CT molecular complexity index is 2080. The van der Waals surface area contributed by atoms with Gasteiger partial charge in [-0.1, -0.05) is 41.9 Å². The monoisotopic (exact) mass is 702 g/mol. The van der Waals surface area contributed by atoms with Crippen LogP contribution in [-0.2, 0) is 25.7 Å². The minimum Gasteiger partial charge on any atom is -0.405 e. The number of Topliss-reactive ketones (excluding diaryl/α,β-unsaturated/α-hetero) is 1. The Kier molecular flexibility index (Phi) is 9.71. The second-order valence-electron chi connectivity index (χ2n) is 10.4. The summed E-state index contributed by atoms with van der Waals surface area (Å²) < 4.78 is 83.0. The van der Waals surface area contributed by atoms with Crippen molar-refractivity contribution in [3.8, 4) is 17.5 Å². The van der Waals surface area contributed by atoms with Crippen LogP contribution in [0.2, 0.25) is 5.02 Å². The highest BCUT2D eigenvalue weighted by Crippen LogP contribution is 2.28. The van der Waals surface area contributed by atoms with Gasteiger partial charge < -0.3 is 10.1 Å². The lowest BCUT2D eigenvalue weighted by molar-refractivity contribution is -0.274. The third-order valence-electron chi connectivity index (χ3n) is 6.96. The standard InChI is InChI=1S/C31H21ClF6N8O3/c1-17-10-18(14-39)11-22(28(48)40-15-19-6-2-5-9-27(19)49-31(36,37)38)21(17)13-26(47)25-12-20(16-45-43-29(41-44-45)30(33,34)35)42-46(25)24-8-4-3-7-23(24)32/h2-12H,13,15-16H2,1H3,(H,40,48). The smallest absolute Gasteiger partial charge is 0.405 e. The number of nitrogens with one attached hydrogen (secondary N) is 1. The summed E-state index contributed by atoms with van der Waals surface area (Å²) in [6.45, 7) is 0.783. The number of ether oxygens (including phenoxy) is 1. The summed E-state index contributed by atoms with van der Waals surface area (Å²) in [5.74, 6) is -3.38. The van der Waals surface area contributed by atoms with E-state index < -0.39 is 48.8 Å². The molecule has 0 spiro atoms. The maximum absolute atomic E-state index is 13.9. The molecule has 1 amide bonds. The highest BCUT2D eigenvalue weighted by atomic mass is 35.5. The molecule has 0 saturated carbocycles. The van der Waals surface area contributed by atoms with E-state index in [2.05, 4.69) is 30.6 Å². The van der Waals surface area contributed by atoms with Crippen LogP contribution < -0.4 is 10.1 Å². The van der Waals surface area contributed by atoms with Crippen molar-refractivity contribution in [1.29, 1.82) is 5.26 Å². The first kappa shape index (κ1) is 34.6. The van der Waals surface area contributed by atoms with Gasteiger partial charge in [-0.2, -0.15) is 28.3 Å². The molecule has 49 heavy (non-hydrogen) atoms. The predicted molar refractivity (Wildman–Crippen MR) is 159 cm³/mol. The number of aryl methyl sites for hydroxylation is 1. The molecule has 0 atom stereocenters. The number of nitrogens with zero attached hydrogens (tertiary/aromatic N) is 7. The number of tetrazole rings is 1. The Labute approximate surface area is 277 Å². The Hall–Kier alpha value is -5.76. The summed E-state index contributed by atoms with van der Waals surface area (Å²) in [4.78, 5) is 28.0. The van der Waals surface area contributed by atoms with E-state index in [1.54, 1.807) is 25.1 Å². The maximum atomic E-state index is 13.9. The number of hydrogen-bond donors (Lipinski definition) is 1. The quantitative estimate of drug-likeness (QED) is 0.138. The van der Waals surface area contributed by atoms with Crippen molar-refractivity contribution in [2.75, 3.05) is 0 Å². The lowest BCUT2D eigenvalue weighted by atomic mass is 9.93. The van der Waals surface area contributed by atoms with Crippen LogP contribution in [-0.4, -0.2) is 48.0 Å². The Balaban J connectivity index is 1.47. The number of ketones is 1. The number of aromatic nitrogens is 6.